The molecule has 3 heterocycles. The van der Waals surface area contributed by atoms with Crippen LogP contribution >= 0.6 is 0 Å². The van der Waals surface area contributed by atoms with Crippen LogP contribution in [-0.4, -0.2) is 67.4 Å². The Labute approximate surface area is 208 Å². The van der Waals surface area contributed by atoms with Crippen LogP contribution in [0.4, 0.5) is 0 Å². The minimum atomic E-state index is -3.66. The van der Waals surface area contributed by atoms with E-state index in [1.807, 2.05) is 11.5 Å². The topological polar surface area (TPSA) is 91.7 Å². The van der Waals surface area contributed by atoms with Gasteiger partial charge in [0.05, 0.1) is 10.4 Å². The Morgan fingerprint density at radius 3 is 2.46 bits per heavy atom. The fourth-order valence-corrected chi connectivity index (χ4v) is 7.16. The molecule has 8 nitrogen and oxygen atoms in total. The number of sulfonamides is 1. The maximum absolute atomic E-state index is 13.3. The summed E-state index contributed by atoms with van der Waals surface area (Å²) in [6.07, 6.45) is 5.35. The van der Waals surface area contributed by atoms with Gasteiger partial charge in [-0.05, 0) is 69.2 Å². The minimum Gasteiger partial charge on any atom is -0.352 e. The molecule has 2 aliphatic rings. The number of amides is 1. The van der Waals surface area contributed by atoms with E-state index in [-0.39, 0.29) is 15.8 Å². The van der Waals surface area contributed by atoms with Crippen LogP contribution in [0.15, 0.2) is 34.1 Å². The van der Waals surface area contributed by atoms with Gasteiger partial charge >= 0.3 is 0 Å². The molecule has 9 heteroatoms. The van der Waals surface area contributed by atoms with E-state index in [1.54, 1.807) is 18.3 Å². The summed E-state index contributed by atoms with van der Waals surface area (Å²) in [6.45, 7) is 11.6. The van der Waals surface area contributed by atoms with E-state index in [0.717, 1.165) is 38.9 Å². The number of carbonyl (C=O) groups is 1. The lowest BCUT2D eigenvalue weighted by atomic mass is 9.92. The minimum absolute atomic E-state index is 0.0512. The molecule has 1 amide bonds. The number of nitrogens with zero attached hydrogens (tertiary/aromatic N) is 3. The van der Waals surface area contributed by atoms with Crippen LogP contribution in [0.3, 0.4) is 0 Å². The van der Waals surface area contributed by atoms with Crippen LogP contribution in [0, 0.1) is 11.8 Å². The smallest absolute Gasteiger partial charge is 0.256 e. The molecule has 0 radical (unpaired) electrons. The third-order valence-electron chi connectivity index (χ3n) is 7.22. The van der Waals surface area contributed by atoms with Gasteiger partial charge in [0.25, 0.3) is 5.91 Å². The molecular weight excluding hydrogens is 464 g/mol. The summed E-state index contributed by atoms with van der Waals surface area (Å²) in [7, 11) is -3.66. The predicted molar refractivity (Wildman–Crippen MR) is 138 cm³/mol. The van der Waals surface area contributed by atoms with Gasteiger partial charge in [0, 0.05) is 50.9 Å². The number of pyridine rings is 1. The first kappa shape index (κ1) is 25.9. The van der Waals surface area contributed by atoms with Crippen LogP contribution in [0.25, 0.3) is 10.9 Å². The third-order valence-corrected chi connectivity index (χ3v) is 9.12. The zero-order valence-electron chi connectivity index (χ0n) is 21.1. The number of aromatic nitrogens is 1. The van der Waals surface area contributed by atoms with Gasteiger partial charge in [-0.15, -0.1) is 0 Å². The summed E-state index contributed by atoms with van der Waals surface area (Å²) in [6, 6.07) is 4.67. The molecule has 35 heavy (non-hydrogen) atoms. The summed E-state index contributed by atoms with van der Waals surface area (Å²) >= 11 is 0. The Kier molecular flexibility index (Phi) is 7.98. The molecule has 2 saturated heterocycles. The molecule has 4 rings (SSSR count). The van der Waals surface area contributed by atoms with Crippen LogP contribution in [0.5, 0.6) is 0 Å². The largest absolute Gasteiger partial charge is 0.352 e. The van der Waals surface area contributed by atoms with Gasteiger partial charge in [0.1, 0.15) is 5.56 Å². The van der Waals surface area contributed by atoms with Gasteiger partial charge in [-0.1, -0.05) is 13.8 Å². The lowest BCUT2D eigenvalue weighted by molar-refractivity contribution is 0.0945. The van der Waals surface area contributed by atoms with Crippen LogP contribution in [-0.2, 0) is 16.6 Å². The van der Waals surface area contributed by atoms with Crippen molar-refractivity contribution in [2.45, 2.75) is 57.9 Å². The van der Waals surface area contributed by atoms with Gasteiger partial charge in [-0.2, -0.15) is 4.31 Å². The SMILES string of the molecule is CCn1cc(C(=O)NCCCN2C[C@H](C)C[C@H](C)C2)c(=O)c2cc(S(=O)(=O)N3CCCC3)ccc21. The normalized spacial score (nSPS) is 22.0. The number of fused-ring (bicyclic) bond motifs is 1. The standard InChI is InChI=1S/C26H38N4O4S/c1-4-29-18-23(26(32)27-10-7-11-28-16-19(2)14-20(3)17-28)25(31)22-15-21(8-9-24(22)29)35(33,34)30-12-5-6-13-30/h8-9,15,18-20H,4-7,10-14,16-17H2,1-3H3,(H,27,32)/t19-,20+. The molecule has 2 fully saturated rings. The first-order chi connectivity index (χ1) is 16.7. The number of aryl methyl sites for hydroxylation is 1. The van der Waals surface area contributed by atoms with Gasteiger partial charge in [-0.3, -0.25) is 9.59 Å². The highest BCUT2D eigenvalue weighted by molar-refractivity contribution is 7.89. The van der Waals surface area contributed by atoms with Crippen molar-refractivity contribution >= 4 is 26.8 Å². The zero-order valence-corrected chi connectivity index (χ0v) is 21.9. The highest BCUT2D eigenvalue weighted by atomic mass is 32.2. The maximum Gasteiger partial charge on any atom is 0.256 e. The van der Waals surface area contributed by atoms with Crippen LogP contribution in [0.1, 0.15) is 56.8 Å². The van der Waals surface area contributed by atoms with Crippen molar-refractivity contribution in [1.29, 1.82) is 0 Å². The van der Waals surface area contributed by atoms with Gasteiger partial charge in [0.15, 0.2) is 0 Å². The van der Waals surface area contributed by atoms with E-state index < -0.39 is 21.4 Å². The summed E-state index contributed by atoms with van der Waals surface area (Å²) in [5.74, 6) is 0.975. The summed E-state index contributed by atoms with van der Waals surface area (Å²) in [5.41, 5.74) is 0.248. The molecule has 0 bridgehead atoms. The molecule has 1 aromatic heterocycles. The van der Waals surface area contributed by atoms with E-state index in [9.17, 15) is 18.0 Å². The maximum atomic E-state index is 13.3. The van der Waals surface area contributed by atoms with Crippen molar-refractivity contribution in [2.75, 3.05) is 39.3 Å². The zero-order chi connectivity index (χ0) is 25.2. The summed E-state index contributed by atoms with van der Waals surface area (Å²) < 4.78 is 29.4. The molecule has 2 atom stereocenters. The van der Waals surface area contributed by atoms with Gasteiger partial charge in [-0.25, -0.2) is 8.42 Å². The molecule has 1 aromatic carbocycles. The molecule has 2 aliphatic heterocycles. The van der Waals surface area contributed by atoms with Crippen molar-refractivity contribution in [3.8, 4) is 0 Å². The molecule has 1 N–H and O–H groups in total. The van der Waals surface area contributed by atoms with E-state index >= 15 is 0 Å². The van der Waals surface area contributed by atoms with E-state index in [0.29, 0.717) is 43.5 Å². The lowest BCUT2D eigenvalue weighted by Gasteiger charge is -2.34. The average molecular weight is 503 g/mol. The summed E-state index contributed by atoms with van der Waals surface area (Å²) in [5, 5.41) is 3.16. The van der Waals surface area contributed by atoms with E-state index in [4.69, 9.17) is 0 Å². The highest BCUT2D eigenvalue weighted by Crippen LogP contribution is 2.24. The molecule has 0 aliphatic carbocycles. The van der Waals surface area contributed by atoms with Crippen LogP contribution < -0.4 is 10.7 Å². The average Bonchev–Trinajstić information content (AvgIpc) is 3.37. The number of hydrogen-bond acceptors (Lipinski definition) is 5. The molecule has 192 valence electrons. The monoisotopic (exact) mass is 502 g/mol. The van der Waals surface area contributed by atoms with Crippen molar-refractivity contribution in [3.63, 3.8) is 0 Å². The van der Waals surface area contributed by atoms with Crippen molar-refractivity contribution < 1.29 is 13.2 Å². The molecular formula is C26H38N4O4S. The predicted octanol–water partition coefficient (Wildman–Crippen LogP) is 2.90. The Morgan fingerprint density at radius 1 is 1.11 bits per heavy atom. The van der Waals surface area contributed by atoms with Crippen molar-refractivity contribution in [3.05, 3.63) is 40.2 Å². The quantitative estimate of drug-likeness (QED) is 0.561. The van der Waals surface area contributed by atoms with E-state index in [2.05, 4.69) is 24.1 Å². The summed E-state index contributed by atoms with van der Waals surface area (Å²) in [4.78, 5) is 28.8. The number of likely N-dealkylation sites (tertiary alicyclic amines) is 1. The Balaban J connectivity index is 1.51. The molecule has 0 saturated carbocycles. The molecule has 0 unspecified atom stereocenters. The number of carbonyl (C=O) groups excluding carboxylic acids is 1. The second kappa shape index (κ2) is 10.8. The fraction of sp³-hybridized carbons (Fsp3) is 0.615. The first-order valence-corrected chi connectivity index (χ1v) is 14.3. The van der Waals surface area contributed by atoms with Crippen molar-refractivity contribution in [2.24, 2.45) is 11.8 Å². The number of hydrogen-bond donors (Lipinski definition) is 1. The number of benzene rings is 1. The third kappa shape index (κ3) is 5.62. The Morgan fingerprint density at radius 2 is 1.80 bits per heavy atom. The Bertz CT molecular complexity index is 1220. The van der Waals surface area contributed by atoms with Gasteiger partial charge < -0.3 is 14.8 Å². The Hall–Kier alpha value is -2.23. The first-order valence-electron chi connectivity index (χ1n) is 12.9. The van der Waals surface area contributed by atoms with Gasteiger partial charge in [0.2, 0.25) is 15.5 Å². The number of piperidine rings is 1. The molecule has 2 aromatic rings. The van der Waals surface area contributed by atoms with Crippen LogP contribution in [0.2, 0.25) is 0 Å². The second-order valence-electron chi connectivity index (χ2n) is 10.3. The highest BCUT2D eigenvalue weighted by Gasteiger charge is 2.28. The second-order valence-corrected chi connectivity index (χ2v) is 12.2. The fourth-order valence-electron chi connectivity index (χ4n) is 5.61. The lowest BCUT2D eigenvalue weighted by Crippen LogP contribution is -2.40. The van der Waals surface area contributed by atoms with Crippen molar-refractivity contribution in [1.82, 2.24) is 19.1 Å². The molecule has 0 spiro atoms. The number of nitrogens with one attached hydrogen (secondary N) is 1. The van der Waals surface area contributed by atoms with E-state index in [1.165, 1.54) is 16.8 Å². The number of rotatable bonds is 8.